The second kappa shape index (κ2) is 8.38. The summed E-state index contributed by atoms with van der Waals surface area (Å²) >= 11 is 0. The molecule has 29 heavy (non-hydrogen) atoms. The molecule has 3 amide bonds. The number of hydrogen-bond acceptors (Lipinski definition) is 4. The second-order valence-corrected chi connectivity index (χ2v) is 7.16. The fraction of sp³-hybridized carbons (Fsp3) is 0.333. The molecule has 2 aliphatic rings. The van der Waals surface area contributed by atoms with E-state index in [9.17, 15) is 14.0 Å². The van der Waals surface area contributed by atoms with Gasteiger partial charge in [0.2, 0.25) is 0 Å². The topological polar surface area (TPSA) is 73.9 Å². The Hall–Kier alpha value is -3.29. The molecule has 0 bridgehead atoms. The van der Waals surface area contributed by atoms with Gasteiger partial charge in [0.25, 0.3) is 0 Å². The van der Waals surface area contributed by atoms with E-state index in [4.69, 9.17) is 4.74 Å². The zero-order valence-corrected chi connectivity index (χ0v) is 15.9. The first-order valence-electron chi connectivity index (χ1n) is 9.71. The van der Waals surface area contributed by atoms with Gasteiger partial charge in [0.1, 0.15) is 12.4 Å². The molecule has 2 saturated heterocycles. The molecule has 0 atom stereocenters. The van der Waals surface area contributed by atoms with Crippen molar-refractivity contribution in [1.82, 2.24) is 4.90 Å². The Labute approximate surface area is 168 Å². The average molecular weight is 398 g/mol. The number of carbonyl (C=O) groups excluding carboxylic acids is 2. The molecule has 0 unspecified atom stereocenters. The van der Waals surface area contributed by atoms with Gasteiger partial charge in [-0.2, -0.15) is 0 Å². The predicted molar refractivity (Wildman–Crippen MR) is 109 cm³/mol. The van der Waals surface area contributed by atoms with Crippen LogP contribution in [-0.4, -0.2) is 49.3 Å². The molecule has 0 radical (unpaired) electrons. The minimum atomic E-state index is -0.371. The predicted octanol–water partition coefficient (Wildman–Crippen LogP) is 3.89. The highest BCUT2D eigenvalue weighted by molar-refractivity contribution is 5.93. The van der Waals surface area contributed by atoms with Crippen molar-refractivity contribution in [2.45, 2.75) is 18.9 Å². The van der Waals surface area contributed by atoms with Gasteiger partial charge in [-0.1, -0.05) is 6.07 Å². The summed E-state index contributed by atoms with van der Waals surface area (Å²) in [4.78, 5) is 27.7. The number of amides is 3. The molecular weight excluding hydrogens is 375 g/mol. The van der Waals surface area contributed by atoms with Crippen molar-refractivity contribution in [1.29, 1.82) is 0 Å². The van der Waals surface area contributed by atoms with Crippen LogP contribution in [0, 0.1) is 5.82 Å². The molecule has 2 aromatic rings. The molecule has 152 valence electrons. The number of carbonyl (C=O) groups is 2. The SMILES string of the molecule is O=C(Nc1cccc(N2CCOC2=O)c1)N1CCC(Nc2ccc(F)cc2)CC1. The number of benzene rings is 2. The van der Waals surface area contributed by atoms with Crippen LogP contribution < -0.4 is 15.5 Å². The number of likely N-dealkylation sites (tertiary alicyclic amines) is 1. The number of halogens is 1. The van der Waals surface area contributed by atoms with Crippen molar-refractivity contribution < 1.29 is 18.7 Å². The molecule has 4 rings (SSSR count). The summed E-state index contributed by atoms with van der Waals surface area (Å²) < 4.78 is 18.0. The fourth-order valence-corrected chi connectivity index (χ4v) is 3.59. The molecule has 0 saturated carbocycles. The van der Waals surface area contributed by atoms with Crippen molar-refractivity contribution >= 4 is 29.2 Å². The summed E-state index contributed by atoms with van der Waals surface area (Å²) in [6.07, 6.45) is 1.25. The van der Waals surface area contributed by atoms with Gasteiger partial charge in [-0.15, -0.1) is 0 Å². The highest BCUT2D eigenvalue weighted by Gasteiger charge is 2.25. The van der Waals surface area contributed by atoms with Crippen LogP contribution in [0.1, 0.15) is 12.8 Å². The summed E-state index contributed by atoms with van der Waals surface area (Å²) in [5, 5.41) is 6.29. The largest absolute Gasteiger partial charge is 0.447 e. The first-order valence-corrected chi connectivity index (χ1v) is 9.71. The van der Waals surface area contributed by atoms with Gasteiger partial charge in [0.05, 0.1) is 6.54 Å². The van der Waals surface area contributed by atoms with Crippen LogP contribution in [0.2, 0.25) is 0 Å². The quantitative estimate of drug-likeness (QED) is 0.820. The van der Waals surface area contributed by atoms with Crippen molar-refractivity contribution in [3.8, 4) is 0 Å². The van der Waals surface area contributed by atoms with Crippen LogP contribution in [0.3, 0.4) is 0 Å². The molecule has 8 heteroatoms. The van der Waals surface area contributed by atoms with Crippen LogP contribution in [0.4, 0.5) is 31.0 Å². The third-order valence-electron chi connectivity index (χ3n) is 5.17. The molecule has 2 aromatic carbocycles. The van der Waals surface area contributed by atoms with Crippen LogP contribution in [-0.2, 0) is 4.74 Å². The van der Waals surface area contributed by atoms with Crippen LogP contribution in [0.25, 0.3) is 0 Å². The molecule has 0 spiro atoms. The normalized spacial score (nSPS) is 17.2. The van der Waals surface area contributed by atoms with E-state index in [2.05, 4.69) is 10.6 Å². The number of anilines is 3. The Balaban J connectivity index is 1.30. The van der Waals surface area contributed by atoms with E-state index in [0.717, 1.165) is 18.5 Å². The smallest absolute Gasteiger partial charge is 0.414 e. The summed E-state index contributed by atoms with van der Waals surface area (Å²) in [6, 6.07) is 13.6. The molecule has 0 aromatic heterocycles. The Kier molecular flexibility index (Phi) is 5.50. The van der Waals surface area contributed by atoms with Gasteiger partial charge in [0, 0.05) is 36.2 Å². The number of ether oxygens (including phenoxy) is 1. The number of cyclic esters (lactones) is 1. The van der Waals surface area contributed by atoms with Crippen molar-refractivity contribution in [3.05, 3.63) is 54.3 Å². The minimum Gasteiger partial charge on any atom is -0.447 e. The molecule has 2 aliphatic heterocycles. The van der Waals surface area contributed by atoms with Crippen molar-refractivity contribution in [2.75, 3.05) is 41.8 Å². The minimum absolute atomic E-state index is 0.161. The lowest BCUT2D eigenvalue weighted by Crippen LogP contribution is -2.44. The summed E-state index contributed by atoms with van der Waals surface area (Å²) in [5.74, 6) is -0.257. The van der Waals surface area contributed by atoms with E-state index in [1.807, 2.05) is 6.07 Å². The third kappa shape index (κ3) is 4.59. The van der Waals surface area contributed by atoms with Crippen molar-refractivity contribution in [3.63, 3.8) is 0 Å². The first-order chi connectivity index (χ1) is 14.1. The second-order valence-electron chi connectivity index (χ2n) is 7.16. The summed E-state index contributed by atoms with van der Waals surface area (Å²) in [5.41, 5.74) is 2.22. The average Bonchev–Trinajstić information content (AvgIpc) is 3.16. The molecule has 7 nitrogen and oxygen atoms in total. The highest BCUT2D eigenvalue weighted by atomic mass is 19.1. The molecular formula is C21H23FN4O3. The zero-order valence-electron chi connectivity index (χ0n) is 15.9. The molecule has 2 N–H and O–H groups in total. The third-order valence-corrected chi connectivity index (χ3v) is 5.17. The van der Waals surface area contributed by atoms with E-state index >= 15 is 0 Å². The number of nitrogens with zero attached hydrogens (tertiary/aromatic N) is 2. The van der Waals surface area contributed by atoms with E-state index in [1.165, 1.54) is 12.1 Å². The lowest BCUT2D eigenvalue weighted by atomic mass is 10.0. The van der Waals surface area contributed by atoms with Crippen LogP contribution >= 0.6 is 0 Å². The van der Waals surface area contributed by atoms with Gasteiger partial charge < -0.3 is 20.3 Å². The number of nitrogens with one attached hydrogen (secondary N) is 2. The van der Waals surface area contributed by atoms with E-state index in [0.29, 0.717) is 37.6 Å². The van der Waals surface area contributed by atoms with E-state index in [1.54, 1.807) is 40.1 Å². The maximum absolute atomic E-state index is 13.0. The van der Waals surface area contributed by atoms with Gasteiger partial charge in [0.15, 0.2) is 0 Å². The maximum atomic E-state index is 13.0. The zero-order chi connectivity index (χ0) is 20.2. The summed E-state index contributed by atoms with van der Waals surface area (Å²) in [6.45, 7) is 2.13. The maximum Gasteiger partial charge on any atom is 0.414 e. The summed E-state index contributed by atoms with van der Waals surface area (Å²) in [7, 11) is 0. The lowest BCUT2D eigenvalue weighted by molar-refractivity contribution is 0.181. The monoisotopic (exact) mass is 398 g/mol. The Morgan fingerprint density at radius 1 is 1.03 bits per heavy atom. The van der Waals surface area contributed by atoms with Crippen LogP contribution in [0.15, 0.2) is 48.5 Å². The van der Waals surface area contributed by atoms with Crippen LogP contribution in [0.5, 0.6) is 0 Å². The van der Waals surface area contributed by atoms with Gasteiger partial charge in [-0.3, -0.25) is 4.90 Å². The number of urea groups is 1. The van der Waals surface area contributed by atoms with Gasteiger partial charge >= 0.3 is 12.1 Å². The van der Waals surface area contributed by atoms with E-state index in [-0.39, 0.29) is 24.0 Å². The number of hydrogen-bond donors (Lipinski definition) is 2. The molecule has 0 aliphatic carbocycles. The highest BCUT2D eigenvalue weighted by Crippen LogP contribution is 2.23. The van der Waals surface area contributed by atoms with Gasteiger partial charge in [-0.25, -0.2) is 14.0 Å². The Morgan fingerprint density at radius 2 is 1.79 bits per heavy atom. The fourth-order valence-electron chi connectivity index (χ4n) is 3.59. The van der Waals surface area contributed by atoms with E-state index < -0.39 is 0 Å². The standard InChI is InChI=1S/C21H23FN4O3/c22-15-4-6-16(7-5-15)23-17-8-10-25(11-9-17)20(27)24-18-2-1-3-19(14-18)26-12-13-29-21(26)28/h1-7,14,17,23H,8-13H2,(H,24,27). The lowest BCUT2D eigenvalue weighted by Gasteiger charge is -2.33. The molecule has 2 heterocycles. The Bertz CT molecular complexity index is 882. The van der Waals surface area contributed by atoms with Gasteiger partial charge in [-0.05, 0) is 55.3 Å². The Morgan fingerprint density at radius 3 is 2.48 bits per heavy atom. The van der Waals surface area contributed by atoms with Crippen molar-refractivity contribution in [2.24, 2.45) is 0 Å². The first kappa shape index (κ1) is 19.0. The number of rotatable bonds is 4. The number of piperidine rings is 1. The molecule has 2 fully saturated rings.